The number of H-pyrrole nitrogens is 1. The van der Waals surface area contributed by atoms with E-state index in [4.69, 9.17) is 0 Å². The van der Waals surface area contributed by atoms with Crippen molar-refractivity contribution in [2.45, 2.75) is 25.3 Å². The summed E-state index contributed by atoms with van der Waals surface area (Å²) < 4.78 is 0. The number of amides is 3. The molecule has 1 aliphatic heterocycles. The van der Waals surface area contributed by atoms with Gasteiger partial charge in [0.15, 0.2) is 0 Å². The third-order valence-corrected chi connectivity index (χ3v) is 5.40. The van der Waals surface area contributed by atoms with Crippen LogP contribution in [0, 0.1) is 0 Å². The molecular formula is C23H21N3O5. The van der Waals surface area contributed by atoms with Crippen molar-refractivity contribution in [3.05, 3.63) is 71.4 Å². The van der Waals surface area contributed by atoms with E-state index in [2.05, 4.69) is 10.3 Å². The molecule has 0 aliphatic carbocycles. The Morgan fingerprint density at radius 1 is 1.00 bits per heavy atom. The van der Waals surface area contributed by atoms with Gasteiger partial charge in [0.25, 0.3) is 11.8 Å². The highest BCUT2D eigenvalue weighted by molar-refractivity contribution is 6.21. The molecule has 31 heavy (non-hydrogen) atoms. The van der Waals surface area contributed by atoms with Crippen LogP contribution < -0.4 is 5.32 Å². The van der Waals surface area contributed by atoms with Crippen LogP contribution in [0.1, 0.15) is 39.1 Å². The zero-order valence-corrected chi connectivity index (χ0v) is 16.6. The Labute approximate surface area is 177 Å². The number of para-hydroxylation sites is 1. The van der Waals surface area contributed by atoms with E-state index in [9.17, 15) is 24.3 Å². The average Bonchev–Trinajstić information content (AvgIpc) is 3.28. The number of carboxylic acids is 1. The van der Waals surface area contributed by atoms with Crippen LogP contribution in [-0.4, -0.2) is 51.3 Å². The predicted octanol–water partition coefficient (Wildman–Crippen LogP) is 2.36. The lowest BCUT2D eigenvalue weighted by Gasteiger charge is -2.16. The van der Waals surface area contributed by atoms with Crippen molar-refractivity contribution >= 4 is 34.6 Å². The van der Waals surface area contributed by atoms with Crippen molar-refractivity contribution in [2.75, 3.05) is 6.54 Å². The number of fused-ring (bicyclic) bond motifs is 2. The summed E-state index contributed by atoms with van der Waals surface area (Å²) >= 11 is 0. The first-order valence-electron chi connectivity index (χ1n) is 9.98. The third-order valence-electron chi connectivity index (χ3n) is 5.40. The number of carbonyl (C=O) groups excluding carboxylic acids is 3. The van der Waals surface area contributed by atoms with Gasteiger partial charge in [-0.1, -0.05) is 30.3 Å². The molecule has 0 saturated heterocycles. The van der Waals surface area contributed by atoms with E-state index in [1.165, 1.54) is 0 Å². The molecule has 3 N–H and O–H groups in total. The number of benzene rings is 2. The number of nitrogens with zero attached hydrogens (tertiary/aromatic N) is 1. The molecule has 3 amide bonds. The van der Waals surface area contributed by atoms with Crippen LogP contribution in [0.15, 0.2) is 54.7 Å². The minimum atomic E-state index is -1.13. The van der Waals surface area contributed by atoms with Crippen LogP contribution in [0.3, 0.4) is 0 Å². The third kappa shape index (κ3) is 4.05. The summed E-state index contributed by atoms with van der Waals surface area (Å²) in [6.07, 6.45) is 2.14. The Morgan fingerprint density at radius 2 is 1.65 bits per heavy atom. The molecule has 1 unspecified atom stereocenters. The molecule has 8 nitrogen and oxygen atoms in total. The first kappa shape index (κ1) is 20.3. The van der Waals surface area contributed by atoms with Gasteiger partial charge in [-0.25, -0.2) is 4.79 Å². The zero-order chi connectivity index (χ0) is 22.0. The highest BCUT2D eigenvalue weighted by Crippen LogP contribution is 2.23. The van der Waals surface area contributed by atoms with E-state index in [0.717, 1.165) is 21.4 Å². The zero-order valence-electron chi connectivity index (χ0n) is 16.6. The number of carbonyl (C=O) groups is 4. The summed E-state index contributed by atoms with van der Waals surface area (Å²) in [6, 6.07) is 13.1. The fraction of sp³-hybridized carbons (Fsp3) is 0.217. The van der Waals surface area contributed by atoms with Gasteiger partial charge in [-0.2, -0.15) is 0 Å². The first-order valence-corrected chi connectivity index (χ1v) is 9.98. The average molecular weight is 419 g/mol. The Morgan fingerprint density at radius 3 is 2.32 bits per heavy atom. The second-order valence-electron chi connectivity index (χ2n) is 7.43. The van der Waals surface area contributed by atoms with Crippen LogP contribution in [0.25, 0.3) is 10.9 Å². The van der Waals surface area contributed by atoms with E-state index in [1.54, 1.807) is 30.5 Å². The minimum Gasteiger partial charge on any atom is -0.480 e. The number of aromatic amines is 1. The normalized spacial score (nSPS) is 14.0. The molecule has 2 heterocycles. The van der Waals surface area contributed by atoms with E-state index in [0.29, 0.717) is 11.1 Å². The number of rotatable bonds is 8. The van der Waals surface area contributed by atoms with Crippen molar-refractivity contribution in [3.8, 4) is 0 Å². The van der Waals surface area contributed by atoms with Gasteiger partial charge in [-0.3, -0.25) is 19.3 Å². The molecule has 0 spiro atoms. The monoisotopic (exact) mass is 419 g/mol. The Hall–Kier alpha value is -3.94. The summed E-state index contributed by atoms with van der Waals surface area (Å²) in [5.41, 5.74) is 2.42. The van der Waals surface area contributed by atoms with Crippen molar-refractivity contribution in [1.29, 1.82) is 0 Å². The lowest BCUT2D eigenvalue weighted by molar-refractivity contribution is -0.141. The SMILES string of the molecule is O=C(CCCN1C(=O)c2ccccc2C1=O)NC(Cc1c[nH]c2ccccc12)C(=O)O. The predicted molar refractivity (Wildman–Crippen MR) is 113 cm³/mol. The van der Waals surface area contributed by atoms with Gasteiger partial charge in [0.1, 0.15) is 6.04 Å². The van der Waals surface area contributed by atoms with Crippen molar-refractivity contribution in [3.63, 3.8) is 0 Å². The van der Waals surface area contributed by atoms with Gasteiger partial charge in [0.05, 0.1) is 11.1 Å². The molecule has 1 aromatic heterocycles. The quantitative estimate of drug-likeness (QED) is 0.484. The molecule has 1 atom stereocenters. The Kier molecular flexibility index (Phi) is 5.53. The Balaban J connectivity index is 1.33. The Bertz CT molecular complexity index is 1150. The van der Waals surface area contributed by atoms with Gasteiger partial charge < -0.3 is 15.4 Å². The van der Waals surface area contributed by atoms with Gasteiger partial charge in [0, 0.05) is 36.5 Å². The van der Waals surface area contributed by atoms with E-state index in [1.807, 2.05) is 24.3 Å². The van der Waals surface area contributed by atoms with Crippen LogP contribution in [-0.2, 0) is 16.0 Å². The number of hydrogen-bond donors (Lipinski definition) is 3. The summed E-state index contributed by atoms with van der Waals surface area (Å²) in [5.74, 6) is -2.31. The van der Waals surface area contributed by atoms with E-state index >= 15 is 0 Å². The van der Waals surface area contributed by atoms with Crippen molar-refractivity contribution in [1.82, 2.24) is 15.2 Å². The maximum Gasteiger partial charge on any atom is 0.326 e. The molecular weight excluding hydrogens is 398 g/mol. The molecule has 4 rings (SSSR count). The summed E-state index contributed by atoms with van der Waals surface area (Å²) in [5, 5.41) is 13.0. The molecule has 0 bridgehead atoms. The number of carboxylic acid groups (broad SMARTS) is 1. The smallest absolute Gasteiger partial charge is 0.326 e. The van der Waals surface area contributed by atoms with Crippen molar-refractivity contribution < 1.29 is 24.3 Å². The second-order valence-corrected chi connectivity index (χ2v) is 7.43. The molecule has 0 radical (unpaired) electrons. The van der Waals surface area contributed by atoms with Gasteiger partial charge in [0.2, 0.25) is 5.91 Å². The van der Waals surface area contributed by atoms with Crippen molar-refractivity contribution in [2.24, 2.45) is 0 Å². The second kappa shape index (κ2) is 8.43. The minimum absolute atomic E-state index is 0.00503. The summed E-state index contributed by atoms with van der Waals surface area (Å²) in [7, 11) is 0. The highest BCUT2D eigenvalue weighted by Gasteiger charge is 2.34. The first-order chi connectivity index (χ1) is 15.0. The maximum atomic E-state index is 12.4. The van der Waals surface area contributed by atoms with Crippen LogP contribution in [0.4, 0.5) is 0 Å². The fourth-order valence-corrected chi connectivity index (χ4v) is 3.83. The van der Waals surface area contributed by atoms with Gasteiger partial charge in [-0.15, -0.1) is 0 Å². The maximum absolute atomic E-state index is 12.4. The van der Waals surface area contributed by atoms with Crippen LogP contribution in [0.2, 0.25) is 0 Å². The molecule has 2 aromatic carbocycles. The number of imide groups is 1. The highest BCUT2D eigenvalue weighted by atomic mass is 16.4. The molecule has 0 fully saturated rings. The number of nitrogens with one attached hydrogen (secondary N) is 2. The molecule has 158 valence electrons. The summed E-state index contributed by atoms with van der Waals surface area (Å²) in [4.78, 5) is 52.9. The lowest BCUT2D eigenvalue weighted by atomic mass is 10.0. The molecule has 0 saturated carbocycles. The summed E-state index contributed by atoms with van der Waals surface area (Å²) in [6.45, 7) is 0.0972. The number of aromatic nitrogens is 1. The number of hydrogen-bond acceptors (Lipinski definition) is 4. The number of aliphatic carboxylic acids is 1. The largest absolute Gasteiger partial charge is 0.480 e. The molecule has 1 aliphatic rings. The van der Waals surface area contributed by atoms with E-state index < -0.39 is 17.9 Å². The topological polar surface area (TPSA) is 120 Å². The van der Waals surface area contributed by atoms with Crippen LogP contribution in [0.5, 0.6) is 0 Å². The van der Waals surface area contributed by atoms with E-state index in [-0.39, 0.29) is 37.6 Å². The standard InChI is InChI=1S/C23H21N3O5/c27-20(10-5-11-26-21(28)16-7-1-2-8-17(16)22(26)29)25-19(23(30)31)12-14-13-24-18-9-4-3-6-15(14)18/h1-4,6-9,13,19,24H,5,10-12H2,(H,25,27)(H,30,31). The lowest BCUT2D eigenvalue weighted by Crippen LogP contribution is -2.42. The van der Waals surface area contributed by atoms with Gasteiger partial charge >= 0.3 is 5.97 Å². The van der Waals surface area contributed by atoms with Crippen LogP contribution >= 0.6 is 0 Å². The molecule has 3 aromatic rings. The van der Waals surface area contributed by atoms with Gasteiger partial charge in [-0.05, 0) is 30.2 Å². The molecule has 8 heteroatoms. The fourth-order valence-electron chi connectivity index (χ4n) is 3.83.